The molecular weight excluding hydrogens is 456 g/mol. The Kier molecular flexibility index (Phi) is 7.05. The van der Waals surface area contributed by atoms with Crippen LogP contribution in [-0.4, -0.2) is 41.4 Å². The molecule has 0 spiro atoms. The molecule has 0 saturated carbocycles. The fraction of sp³-hybridized carbons (Fsp3) is 0.160. The Balaban J connectivity index is 1.57. The van der Waals surface area contributed by atoms with Gasteiger partial charge in [0.1, 0.15) is 12.3 Å². The van der Waals surface area contributed by atoms with Gasteiger partial charge < -0.3 is 10.1 Å². The number of anilines is 1. The summed E-state index contributed by atoms with van der Waals surface area (Å²) in [5, 5.41) is 4.19. The third-order valence-corrected chi connectivity index (χ3v) is 6.67. The number of carbonyl (C=O) groups is 3. The second-order valence-electron chi connectivity index (χ2n) is 7.18. The topological polar surface area (TPSA) is 75.7 Å². The van der Waals surface area contributed by atoms with Crippen LogP contribution in [0, 0.1) is 0 Å². The molecule has 168 valence electrons. The highest BCUT2D eigenvalue weighted by molar-refractivity contribution is 8.18. The first-order chi connectivity index (χ1) is 16.0. The van der Waals surface area contributed by atoms with Crippen LogP contribution in [0.2, 0.25) is 0 Å². The molecule has 3 aromatic rings. The van der Waals surface area contributed by atoms with Crippen molar-refractivity contribution in [1.29, 1.82) is 0 Å². The Morgan fingerprint density at radius 1 is 1.12 bits per heavy atom. The van der Waals surface area contributed by atoms with Gasteiger partial charge in [0.2, 0.25) is 5.91 Å². The lowest BCUT2D eigenvalue weighted by atomic mass is 10.0. The van der Waals surface area contributed by atoms with Crippen LogP contribution in [0.15, 0.2) is 70.5 Å². The van der Waals surface area contributed by atoms with Gasteiger partial charge in [-0.25, -0.2) is 0 Å². The van der Waals surface area contributed by atoms with Crippen LogP contribution >= 0.6 is 23.5 Å². The van der Waals surface area contributed by atoms with Crippen LogP contribution in [0.25, 0.3) is 16.8 Å². The van der Waals surface area contributed by atoms with Crippen molar-refractivity contribution in [3.8, 4) is 5.75 Å². The maximum Gasteiger partial charge on any atom is 0.294 e. The maximum atomic E-state index is 13.0. The zero-order valence-electron chi connectivity index (χ0n) is 18.2. The molecule has 1 saturated heterocycles. The Morgan fingerprint density at radius 3 is 2.73 bits per heavy atom. The molecule has 1 heterocycles. The Hall–Kier alpha value is -3.23. The minimum Gasteiger partial charge on any atom is -0.493 e. The highest BCUT2D eigenvalue weighted by Gasteiger charge is 2.36. The molecule has 33 heavy (non-hydrogen) atoms. The molecule has 0 radical (unpaired) electrons. The summed E-state index contributed by atoms with van der Waals surface area (Å²) in [4.78, 5) is 40.3. The van der Waals surface area contributed by atoms with Gasteiger partial charge in [-0.15, -0.1) is 11.8 Å². The molecule has 1 N–H and O–H groups in total. The smallest absolute Gasteiger partial charge is 0.294 e. The number of carbonyl (C=O) groups excluding carboxylic acids is 3. The normalized spacial score (nSPS) is 14.8. The van der Waals surface area contributed by atoms with Crippen molar-refractivity contribution in [3.63, 3.8) is 0 Å². The molecule has 6 nitrogen and oxygen atoms in total. The Bertz CT molecular complexity index is 1270. The quantitative estimate of drug-likeness (QED) is 0.350. The number of rotatable bonds is 7. The van der Waals surface area contributed by atoms with Crippen molar-refractivity contribution in [2.45, 2.75) is 11.8 Å². The number of hydrogen-bond acceptors (Lipinski definition) is 6. The number of nitrogens with one attached hydrogen (secondary N) is 1. The molecule has 0 aromatic heterocycles. The van der Waals surface area contributed by atoms with E-state index in [2.05, 4.69) is 5.32 Å². The van der Waals surface area contributed by atoms with Gasteiger partial charge in [-0.1, -0.05) is 36.4 Å². The average Bonchev–Trinajstić information content (AvgIpc) is 3.08. The third-order valence-electron chi connectivity index (χ3n) is 5.03. The van der Waals surface area contributed by atoms with E-state index in [1.165, 1.54) is 0 Å². The van der Waals surface area contributed by atoms with Crippen molar-refractivity contribution in [2.24, 2.45) is 0 Å². The molecule has 3 amide bonds. The number of amides is 3. The summed E-state index contributed by atoms with van der Waals surface area (Å²) in [7, 11) is 0. The average molecular weight is 479 g/mol. The van der Waals surface area contributed by atoms with Gasteiger partial charge in [0.15, 0.2) is 0 Å². The molecule has 0 atom stereocenters. The minimum atomic E-state index is -0.492. The van der Waals surface area contributed by atoms with Gasteiger partial charge in [0.05, 0.1) is 11.5 Å². The van der Waals surface area contributed by atoms with E-state index in [0.717, 1.165) is 37.9 Å². The van der Waals surface area contributed by atoms with E-state index in [1.807, 2.05) is 67.8 Å². The van der Waals surface area contributed by atoms with Crippen molar-refractivity contribution >= 4 is 63.1 Å². The molecule has 0 aliphatic carbocycles. The van der Waals surface area contributed by atoms with Gasteiger partial charge in [-0.3, -0.25) is 19.3 Å². The summed E-state index contributed by atoms with van der Waals surface area (Å²) < 4.78 is 5.76. The lowest BCUT2D eigenvalue weighted by Gasteiger charge is -2.13. The van der Waals surface area contributed by atoms with E-state index in [0.29, 0.717) is 18.0 Å². The summed E-state index contributed by atoms with van der Waals surface area (Å²) in [5.41, 5.74) is 1.35. The predicted octanol–water partition coefficient (Wildman–Crippen LogP) is 5.64. The van der Waals surface area contributed by atoms with Gasteiger partial charge >= 0.3 is 0 Å². The molecule has 8 heteroatoms. The fourth-order valence-corrected chi connectivity index (χ4v) is 4.80. The Labute approximate surface area is 200 Å². The number of nitrogens with zero attached hydrogens (tertiary/aromatic N) is 1. The summed E-state index contributed by atoms with van der Waals surface area (Å²) in [5.74, 6) is -0.292. The van der Waals surface area contributed by atoms with Crippen molar-refractivity contribution in [1.82, 2.24) is 4.90 Å². The van der Waals surface area contributed by atoms with Crippen LogP contribution in [0.3, 0.4) is 0 Å². The molecule has 4 rings (SSSR count). The molecule has 1 aliphatic heterocycles. The fourth-order valence-electron chi connectivity index (χ4n) is 3.52. The van der Waals surface area contributed by atoms with E-state index in [9.17, 15) is 14.4 Å². The van der Waals surface area contributed by atoms with Gasteiger partial charge in [0.25, 0.3) is 11.1 Å². The van der Waals surface area contributed by atoms with Crippen molar-refractivity contribution < 1.29 is 19.1 Å². The van der Waals surface area contributed by atoms with Crippen LogP contribution in [0.5, 0.6) is 5.75 Å². The van der Waals surface area contributed by atoms with Crippen LogP contribution in [0.4, 0.5) is 10.5 Å². The lowest BCUT2D eigenvalue weighted by Crippen LogP contribution is -2.36. The summed E-state index contributed by atoms with van der Waals surface area (Å²) in [6, 6.07) is 19.0. The summed E-state index contributed by atoms with van der Waals surface area (Å²) in [6.45, 7) is 2.01. The molecule has 1 aliphatic rings. The first-order valence-electron chi connectivity index (χ1n) is 10.3. The third kappa shape index (κ3) is 5.07. The Morgan fingerprint density at radius 2 is 1.94 bits per heavy atom. The standard InChI is InChI=1S/C25H22N2O4S2/c1-3-31-21-12-11-16-7-4-5-10-19(16)20(21)14-22-24(29)27(25(30)33-22)15-23(28)26-17-8-6-9-18(13-17)32-2/h4-14H,3,15H2,1-2H3,(H,26,28)/b22-14+. The molecule has 0 unspecified atom stereocenters. The van der Waals surface area contributed by atoms with Gasteiger partial charge in [0, 0.05) is 16.1 Å². The lowest BCUT2D eigenvalue weighted by molar-refractivity contribution is -0.127. The summed E-state index contributed by atoms with van der Waals surface area (Å²) in [6.07, 6.45) is 3.62. The van der Waals surface area contributed by atoms with Crippen LogP contribution < -0.4 is 10.1 Å². The number of thioether (sulfide) groups is 2. The van der Waals surface area contributed by atoms with Crippen molar-refractivity contribution in [2.75, 3.05) is 24.7 Å². The van der Waals surface area contributed by atoms with E-state index in [4.69, 9.17) is 4.74 Å². The monoisotopic (exact) mass is 478 g/mol. The molecule has 3 aromatic carbocycles. The minimum absolute atomic E-state index is 0.259. The molecule has 0 bridgehead atoms. The number of ether oxygens (including phenoxy) is 1. The molecular formula is C25H22N2O4S2. The van der Waals surface area contributed by atoms with Crippen LogP contribution in [-0.2, 0) is 9.59 Å². The van der Waals surface area contributed by atoms with E-state index in [1.54, 1.807) is 23.9 Å². The van der Waals surface area contributed by atoms with E-state index < -0.39 is 17.1 Å². The largest absolute Gasteiger partial charge is 0.493 e. The predicted molar refractivity (Wildman–Crippen MR) is 135 cm³/mol. The zero-order chi connectivity index (χ0) is 23.4. The number of hydrogen-bond donors (Lipinski definition) is 1. The second kappa shape index (κ2) is 10.1. The summed E-state index contributed by atoms with van der Waals surface area (Å²) >= 11 is 2.39. The number of imide groups is 1. The van der Waals surface area contributed by atoms with Crippen molar-refractivity contribution in [3.05, 3.63) is 71.1 Å². The van der Waals surface area contributed by atoms with Gasteiger partial charge in [-0.2, -0.15) is 0 Å². The van der Waals surface area contributed by atoms with Gasteiger partial charge in [-0.05, 0) is 66.1 Å². The van der Waals surface area contributed by atoms with Crippen LogP contribution in [0.1, 0.15) is 12.5 Å². The maximum absolute atomic E-state index is 13.0. The zero-order valence-corrected chi connectivity index (χ0v) is 19.8. The first kappa shape index (κ1) is 22.9. The highest BCUT2D eigenvalue weighted by atomic mass is 32.2. The first-order valence-corrected chi connectivity index (χ1v) is 12.4. The molecule has 1 fully saturated rings. The highest BCUT2D eigenvalue weighted by Crippen LogP contribution is 2.36. The number of fused-ring (bicyclic) bond motifs is 1. The SMILES string of the molecule is CCOc1ccc2ccccc2c1/C=C1/SC(=O)N(CC(=O)Nc2cccc(SC)c2)C1=O. The number of benzene rings is 3. The second-order valence-corrected chi connectivity index (χ2v) is 9.05. The van der Waals surface area contributed by atoms with E-state index in [-0.39, 0.29) is 11.4 Å². The van der Waals surface area contributed by atoms with E-state index >= 15 is 0 Å².